The van der Waals surface area contributed by atoms with Crippen LogP contribution in [0.25, 0.3) is 10.2 Å². The van der Waals surface area contributed by atoms with Crippen molar-refractivity contribution in [1.82, 2.24) is 20.6 Å². The maximum Gasteiger partial charge on any atom is 0.259 e. The van der Waals surface area contributed by atoms with Gasteiger partial charge in [0.25, 0.3) is 5.56 Å². The van der Waals surface area contributed by atoms with E-state index < -0.39 is 0 Å². The molecule has 1 atom stereocenters. The number of carbonyl (C=O) groups is 1. The number of fused-ring (bicyclic) bond motifs is 1. The Morgan fingerprint density at radius 2 is 2.19 bits per heavy atom. The third-order valence-corrected chi connectivity index (χ3v) is 4.96. The maximum atomic E-state index is 12.1. The van der Waals surface area contributed by atoms with Crippen molar-refractivity contribution in [2.45, 2.75) is 39.3 Å². The van der Waals surface area contributed by atoms with Gasteiger partial charge in [0.1, 0.15) is 10.7 Å². The van der Waals surface area contributed by atoms with E-state index in [-0.39, 0.29) is 17.5 Å². The summed E-state index contributed by atoms with van der Waals surface area (Å²) in [5.41, 5.74) is 0.935. The van der Waals surface area contributed by atoms with Crippen LogP contribution in [0, 0.1) is 13.8 Å². The Morgan fingerprint density at radius 3 is 2.90 bits per heavy atom. The fourth-order valence-electron chi connectivity index (χ4n) is 2.58. The van der Waals surface area contributed by atoms with Gasteiger partial charge in [-0.15, -0.1) is 11.3 Å². The zero-order chi connectivity index (χ0) is 15.0. The lowest BCUT2D eigenvalue weighted by Crippen LogP contribution is -2.35. The van der Waals surface area contributed by atoms with Crippen molar-refractivity contribution in [2.24, 2.45) is 0 Å². The highest BCUT2D eigenvalue weighted by molar-refractivity contribution is 7.18. The minimum atomic E-state index is -0.0761. The Morgan fingerprint density at radius 1 is 1.38 bits per heavy atom. The van der Waals surface area contributed by atoms with E-state index in [1.165, 1.54) is 0 Å². The van der Waals surface area contributed by atoms with Gasteiger partial charge in [-0.2, -0.15) is 0 Å². The molecule has 0 radical (unpaired) electrons. The van der Waals surface area contributed by atoms with E-state index in [0.29, 0.717) is 30.7 Å². The molecular weight excluding hydrogens is 288 g/mol. The number of H-pyrrole nitrogens is 1. The molecular formula is C14H18N4O2S. The first kappa shape index (κ1) is 14.2. The SMILES string of the molecule is Cc1sc2nc(CNCC3CCC(=O)N3)[nH]c(=O)c2c1C. The molecule has 0 spiro atoms. The normalized spacial score (nSPS) is 18.4. The van der Waals surface area contributed by atoms with Crippen LogP contribution in [0.2, 0.25) is 0 Å². The molecule has 1 saturated heterocycles. The monoisotopic (exact) mass is 306 g/mol. The molecule has 3 heterocycles. The summed E-state index contributed by atoms with van der Waals surface area (Å²) >= 11 is 1.55. The number of rotatable bonds is 4. The molecule has 3 N–H and O–H groups in total. The molecule has 2 aromatic rings. The van der Waals surface area contributed by atoms with Crippen molar-refractivity contribution in [1.29, 1.82) is 0 Å². The van der Waals surface area contributed by atoms with Gasteiger partial charge in [-0.25, -0.2) is 4.98 Å². The summed E-state index contributed by atoms with van der Waals surface area (Å²) in [5, 5.41) is 6.83. The highest BCUT2D eigenvalue weighted by atomic mass is 32.1. The Hall–Kier alpha value is -1.73. The quantitative estimate of drug-likeness (QED) is 0.785. The number of nitrogens with one attached hydrogen (secondary N) is 3. The molecule has 0 aromatic carbocycles. The molecule has 21 heavy (non-hydrogen) atoms. The van der Waals surface area contributed by atoms with Crippen molar-refractivity contribution in [3.8, 4) is 0 Å². The number of aromatic nitrogens is 2. The van der Waals surface area contributed by atoms with E-state index in [2.05, 4.69) is 20.6 Å². The minimum absolute atomic E-state index is 0.0761. The second kappa shape index (κ2) is 5.57. The van der Waals surface area contributed by atoms with Crippen molar-refractivity contribution < 1.29 is 4.79 Å². The standard InChI is InChI=1S/C14H18N4O2S/c1-7-8(2)21-14-12(7)13(20)17-10(18-14)6-15-5-9-3-4-11(19)16-9/h9,15H,3-6H2,1-2H3,(H,16,19)(H,17,18,20). The second-order valence-corrected chi connectivity index (χ2v) is 6.61. The van der Waals surface area contributed by atoms with E-state index in [9.17, 15) is 9.59 Å². The predicted molar refractivity (Wildman–Crippen MR) is 82.6 cm³/mol. The van der Waals surface area contributed by atoms with E-state index in [0.717, 1.165) is 21.7 Å². The van der Waals surface area contributed by atoms with Gasteiger partial charge in [-0.3, -0.25) is 9.59 Å². The van der Waals surface area contributed by atoms with Gasteiger partial charge in [-0.05, 0) is 25.8 Å². The molecule has 1 aliphatic rings. The molecule has 1 unspecified atom stereocenters. The summed E-state index contributed by atoms with van der Waals surface area (Å²) in [6, 6.07) is 0.180. The molecule has 1 aliphatic heterocycles. The van der Waals surface area contributed by atoms with E-state index in [1.54, 1.807) is 11.3 Å². The molecule has 3 rings (SSSR count). The lowest BCUT2D eigenvalue weighted by atomic mass is 10.2. The summed E-state index contributed by atoms with van der Waals surface area (Å²) < 4.78 is 0. The van der Waals surface area contributed by atoms with Crippen LogP contribution in [0.4, 0.5) is 0 Å². The molecule has 0 saturated carbocycles. The Bertz CT molecular complexity index is 749. The number of carbonyl (C=O) groups excluding carboxylic acids is 1. The highest BCUT2D eigenvalue weighted by Gasteiger charge is 2.20. The van der Waals surface area contributed by atoms with Gasteiger partial charge in [0.15, 0.2) is 0 Å². The first-order valence-electron chi connectivity index (χ1n) is 7.03. The number of hydrogen-bond acceptors (Lipinski definition) is 5. The largest absolute Gasteiger partial charge is 0.352 e. The van der Waals surface area contributed by atoms with Crippen LogP contribution in [-0.2, 0) is 11.3 Å². The molecule has 2 aromatic heterocycles. The Kier molecular flexibility index (Phi) is 3.77. The van der Waals surface area contributed by atoms with Crippen LogP contribution in [0.5, 0.6) is 0 Å². The topological polar surface area (TPSA) is 86.9 Å². The minimum Gasteiger partial charge on any atom is -0.352 e. The van der Waals surface area contributed by atoms with Crippen molar-refractivity contribution in [2.75, 3.05) is 6.54 Å². The number of hydrogen-bond donors (Lipinski definition) is 3. The second-order valence-electron chi connectivity index (χ2n) is 5.41. The van der Waals surface area contributed by atoms with Crippen LogP contribution in [-0.4, -0.2) is 28.5 Å². The summed E-state index contributed by atoms with van der Waals surface area (Å²) in [7, 11) is 0. The zero-order valence-electron chi connectivity index (χ0n) is 12.1. The van der Waals surface area contributed by atoms with Gasteiger partial charge in [0, 0.05) is 23.9 Å². The molecule has 0 aliphatic carbocycles. The first-order chi connectivity index (χ1) is 10.0. The molecule has 0 bridgehead atoms. The Labute approximate surface area is 126 Å². The van der Waals surface area contributed by atoms with Crippen molar-refractivity contribution in [3.63, 3.8) is 0 Å². The van der Waals surface area contributed by atoms with E-state index in [4.69, 9.17) is 0 Å². The van der Waals surface area contributed by atoms with E-state index >= 15 is 0 Å². The van der Waals surface area contributed by atoms with Gasteiger partial charge in [-0.1, -0.05) is 0 Å². The highest BCUT2D eigenvalue weighted by Crippen LogP contribution is 2.25. The van der Waals surface area contributed by atoms with Crippen LogP contribution < -0.4 is 16.2 Å². The predicted octanol–water partition coefficient (Wildman–Crippen LogP) is 0.970. The maximum absolute atomic E-state index is 12.1. The first-order valence-corrected chi connectivity index (χ1v) is 7.85. The number of thiophene rings is 1. The number of nitrogens with zero attached hydrogens (tertiary/aromatic N) is 1. The van der Waals surface area contributed by atoms with Crippen LogP contribution in [0.15, 0.2) is 4.79 Å². The van der Waals surface area contributed by atoms with Crippen LogP contribution >= 0.6 is 11.3 Å². The summed E-state index contributed by atoms with van der Waals surface area (Å²) in [6.45, 7) is 5.14. The lowest BCUT2D eigenvalue weighted by Gasteiger charge is -2.10. The third kappa shape index (κ3) is 2.84. The van der Waals surface area contributed by atoms with Gasteiger partial charge >= 0.3 is 0 Å². The number of aryl methyl sites for hydroxylation is 2. The summed E-state index contributed by atoms with van der Waals surface area (Å²) in [6.07, 6.45) is 1.46. The van der Waals surface area contributed by atoms with Crippen molar-refractivity contribution >= 4 is 27.5 Å². The molecule has 7 heteroatoms. The fourth-order valence-corrected chi connectivity index (χ4v) is 3.63. The summed E-state index contributed by atoms with van der Waals surface area (Å²) in [4.78, 5) is 32.5. The average molecular weight is 306 g/mol. The smallest absolute Gasteiger partial charge is 0.259 e. The molecule has 6 nitrogen and oxygen atoms in total. The van der Waals surface area contributed by atoms with Gasteiger partial charge in [0.05, 0.1) is 11.9 Å². The van der Waals surface area contributed by atoms with Gasteiger partial charge in [0.2, 0.25) is 5.91 Å². The Balaban J connectivity index is 1.70. The molecule has 1 fully saturated rings. The van der Waals surface area contributed by atoms with Crippen LogP contribution in [0.1, 0.15) is 29.1 Å². The molecule has 112 valence electrons. The van der Waals surface area contributed by atoms with E-state index in [1.807, 2.05) is 13.8 Å². The van der Waals surface area contributed by atoms with Crippen LogP contribution in [0.3, 0.4) is 0 Å². The van der Waals surface area contributed by atoms with Crippen molar-refractivity contribution in [3.05, 3.63) is 26.6 Å². The zero-order valence-corrected chi connectivity index (χ0v) is 12.9. The van der Waals surface area contributed by atoms with Gasteiger partial charge < -0.3 is 15.6 Å². The number of aromatic amines is 1. The third-order valence-electron chi connectivity index (χ3n) is 3.86. The molecule has 1 amide bonds. The average Bonchev–Trinajstić information content (AvgIpc) is 2.95. The fraction of sp³-hybridized carbons (Fsp3) is 0.500. The lowest BCUT2D eigenvalue weighted by molar-refractivity contribution is -0.119. The number of amides is 1. The summed E-state index contributed by atoms with van der Waals surface area (Å²) in [5.74, 6) is 0.748.